The Hall–Kier alpha value is -1.84. The fourth-order valence-electron chi connectivity index (χ4n) is 2.98. The van der Waals surface area contributed by atoms with Crippen molar-refractivity contribution in [3.8, 4) is 5.75 Å². The summed E-state index contributed by atoms with van der Waals surface area (Å²) in [5.74, 6) is 0.895. The molecule has 1 aliphatic heterocycles. The summed E-state index contributed by atoms with van der Waals surface area (Å²) in [5.41, 5.74) is 2.58. The third kappa shape index (κ3) is 4.37. The number of nitrogens with zero attached hydrogens (tertiary/aromatic N) is 1. The van der Waals surface area contributed by atoms with Gasteiger partial charge in [0.2, 0.25) is 0 Å². The molecular formula is C21H27NO2. The maximum atomic E-state index is 5.98. The van der Waals surface area contributed by atoms with Gasteiger partial charge in [0.15, 0.2) is 0 Å². The summed E-state index contributed by atoms with van der Waals surface area (Å²) in [6, 6.07) is 18.6. The molecule has 0 radical (unpaired) electrons. The molecule has 1 fully saturated rings. The molecule has 1 atom stereocenters. The fourth-order valence-corrected chi connectivity index (χ4v) is 2.98. The highest BCUT2D eigenvalue weighted by molar-refractivity contribution is 5.29. The van der Waals surface area contributed by atoms with E-state index in [9.17, 15) is 0 Å². The van der Waals surface area contributed by atoms with Crippen molar-refractivity contribution >= 4 is 0 Å². The molecule has 0 unspecified atom stereocenters. The molecule has 3 rings (SSSR count). The number of hydrogen-bond donors (Lipinski definition) is 0. The van der Waals surface area contributed by atoms with Crippen LogP contribution in [0.15, 0.2) is 54.6 Å². The van der Waals surface area contributed by atoms with Crippen LogP contribution in [-0.2, 0) is 11.3 Å². The lowest BCUT2D eigenvalue weighted by atomic mass is 10.0. The summed E-state index contributed by atoms with van der Waals surface area (Å²) in [4.78, 5) is 2.49. The van der Waals surface area contributed by atoms with Gasteiger partial charge in [0.1, 0.15) is 12.4 Å². The molecule has 1 heterocycles. The van der Waals surface area contributed by atoms with E-state index in [4.69, 9.17) is 9.47 Å². The second-order valence-corrected chi connectivity index (χ2v) is 7.32. The Morgan fingerprint density at radius 1 is 1.04 bits per heavy atom. The van der Waals surface area contributed by atoms with Crippen LogP contribution in [0.1, 0.15) is 38.0 Å². The molecule has 0 aromatic heterocycles. The second-order valence-electron chi connectivity index (χ2n) is 7.32. The van der Waals surface area contributed by atoms with Gasteiger partial charge in [0, 0.05) is 18.6 Å². The summed E-state index contributed by atoms with van der Waals surface area (Å²) in [7, 11) is 0. The van der Waals surface area contributed by atoms with Crippen LogP contribution in [0.5, 0.6) is 5.75 Å². The summed E-state index contributed by atoms with van der Waals surface area (Å²) >= 11 is 0. The molecule has 3 heteroatoms. The van der Waals surface area contributed by atoms with Crippen molar-refractivity contribution in [2.45, 2.75) is 39.0 Å². The minimum atomic E-state index is 0.140. The minimum Gasteiger partial charge on any atom is -0.489 e. The number of benzene rings is 2. The van der Waals surface area contributed by atoms with Crippen molar-refractivity contribution in [1.82, 2.24) is 4.90 Å². The van der Waals surface area contributed by atoms with Crippen molar-refractivity contribution in [3.63, 3.8) is 0 Å². The topological polar surface area (TPSA) is 21.7 Å². The zero-order valence-corrected chi connectivity index (χ0v) is 14.9. The van der Waals surface area contributed by atoms with Crippen LogP contribution in [0.25, 0.3) is 0 Å². The first kappa shape index (κ1) is 17.0. The Balaban J connectivity index is 1.60. The predicted molar refractivity (Wildman–Crippen MR) is 97.2 cm³/mol. The zero-order valence-electron chi connectivity index (χ0n) is 14.9. The second kappa shape index (κ2) is 7.37. The average molecular weight is 325 g/mol. The van der Waals surface area contributed by atoms with E-state index in [1.165, 1.54) is 11.1 Å². The highest BCUT2D eigenvalue weighted by Crippen LogP contribution is 2.28. The number of rotatable bonds is 4. The summed E-state index contributed by atoms with van der Waals surface area (Å²) < 4.78 is 11.8. The number of hydrogen-bond acceptors (Lipinski definition) is 3. The Labute approximate surface area is 145 Å². The molecule has 128 valence electrons. The van der Waals surface area contributed by atoms with Crippen molar-refractivity contribution in [3.05, 3.63) is 65.7 Å². The molecule has 24 heavy (non-hydrogen) atoms. The molecule has 0 saturated carbocycles. The van der Waals surface area contributed by atoms with Gasteiger partial charge in [-0.25, -0.2) is 0 Å². The normalized spacial score (nSPS) is 19.2. The third-order valence-electron chi connectivity index (χ3n) is 4.52. The van der Waals surface area contributed by atoms with Crippen molar-refractivity contribution in [2.24, 2.45) is 0 Å². The molecule has 0 aliphatic carbocycles. The quantitative estimate of drug-likeness (QED) is 0.829. The van der Waals surface area contributed by atoms with Crippen LogP contribution in [0.4, 0.5) is 0 Å². The van der Waals surface area contributed by atoms with Crippen LogP contribution in [0.2, 0.25) is 0 Å². The molecule has 0 N–H and O–H groups in total. The first-order valence-corrected chi connectivity index (χ1v) is 8.66. The molecule has 0 bridgehead atoms. The van der Waals surface area contributed by atoms with Crippen LogP contribution in [-0.4, -0.2) is 30.1 Å². The molecule has 0 spiro atoms. The Bertz CT molecular complexity index is 631. The third-order valence-corrected chi connectivity index (χ3v) is 4.52. The van der Waals surface area contributed by atoms with Gasteiger partial charge in [-0.3, -0.25) is 4.90 Å². The lowest BCUT2D eigenvalue weighted by Gasteiger charge is -2.41. The van der Waals surface area contributed by atoms with Gasteiger partial charge >= 0.3 is 0 Å². The summed E-state index contributed by atoms with van der Waals surface area (Å²) in [6.07, 6.45) is 0.140. The first-order valence-electron chi connectivity index (χ1n) is 8.66. The lowest BCUT2D eigenvalue weighted by Crippen LogP contribution is -2.48. The monoisotopic (exact) mass is 325 g/mol. The molecule has 1 saturated heterocycles. The summed E-state index contributed by atoms with van der Waals surface area (Å²) in [5, 5.41) is 0. The SMILES string of the molecule is CC(C)(C)N1CCO[C@@H](c2ccc(OCc3ccccc3)cc2)C1. The molecule has 2 aromatic carbocycles. The van der Waals surface area contributed by atoms with Gasteiger partial charge in [-0.1, -0.05) is 42.5 Å². The van der Waals surface area contributed by atoms with E-state index in [1.807, 2.05) is 30.3 Å². The highest BCUT2D eigenvalue weighted by atomic mass is 16.5. The van der Waals surface area contributed by atoms with Gasteiger partial charge < -0.3 is 9.47 Å². The Morgan fingerprint density at radius 2 is 1.75 bits per heavy atom. The number of morpholine rings is 1. The molecule has 1 aliphatic rings. The molecule has 3 nitrogen and oxygen atoms in total. The van der Waals surface area contributed by atoms with E-state index < -0.39 is 0 Å². The van der Waals surface area contributed by atoms with Gasteiger partial charge in [0.05, 0.1) is 12.7 Å². The van der Waals surface area contributed by atoms with Crippen molar-refractivity contribution < 1.29 is 9.47 Å². The smallest absolute Gasteiger partial charge is 0.119 e. The van der Waals surface area contributed by atoms with Crippen LogP contribution in [0.3, 0.4) is 0 Å². The number of ether oxygens (including phenoxy) is 2. The van der Waals surface area contributed by atoms with Crippen LogP contribution in [0, 0.1) is 0 Å². The van der Waals surface area contributed by atoms with Crippen LogP contribution >= 0.6 is 0 Å². The predicted octanol–water partition coefficient (Wildman–Crippen LogP) is 4.44. The first-order chi connectivity index (χ1) is 11.5. The van der Waals surface area contributed by atoms with E-state index >= 15 is 0 Å². The van der Waals surface area contributed by atoms with Crippen LogP contribution < -0.4 is 4.74 Å². The molecule has 0 amide bonds. The largest absolute Gasteiger partial charge is 0.489 e. The Morgan fingerprint density at radius 3 is 2.42 bits per heavy atom. The minimum absolute atomic E-state index is 0.140. The fraction of sp³-hybridized carbons (Fsp3) is 0.429. The Kier molecular flexibility index (Phi) is 5.22. The maximum Gasteiger partial charge on any atom is 0.119 e. The van der Waals surface area contributed by atoms with Crippen molar-refractivity contribution in [1.29, 1.82) is 0 Å². The highest BCUT2D eigenvalue weighted by Gasteiger charge is 2.29. The average Bonchev–Trinajstić information content (AvgIpc) is 2.61. The van der Waals surface area contributed by atoms with E-state index in [-0.39, 0.29) is 11.6 Å². The lowest BCUT2D eigenvalue weighted by molar-refractivity contribution is -0.0596. The molecular weight excluding hydrogens is 298 g/mol. The van der Waals surface area contributed by atoms with Gasteiger partial charge in [-0.2, -0.15) is 0 Å². The zero-order chi connectivity index (χ0) is 17.0. The maximum absolute atomic E-state index is 5.98. The van der Waals surface area contributed by atoms with Crippen molar-refractivity contribution in [2.75, 3.05) is 19.7 Å². The van der Waals surface area contributed by atoms with Gasteiger partial charge in [-0.15, -0.1) is 0 Å². The standard InChI is InChI=1S/C21H27NO2/c1-21(2,3)22-13-14-23-20(15-22)18-9-11-19(12-10-18)24-16-17-7-5-4-6-8-17/h4-12,20H,13-16H2,1-3H3/t20-/m1/s1. The van der Waals surface area contributed by atoms with E-state index in [2.05, 4.69) is 49.9 Å². The van der Waals surface area contributed by atoms with Gasteiger partial charge in [-0.05, 0) is 44.0 Å². The van der Waals surface area contributed by atoms with Gasteiger partial charge in [0.25, 0.3) is 0 Å². The summed E-state index contributed by atoms with van der Waals surface area (Å²) in [6.45, 7) is 10.1. The molecule has 2 aromatic rings. The van der Waals surface area contributed by atoms with E-state index in [0.717, 1.165) is 25.4 Å². The van der Waals surface area contributed by atoms with E-state index in [1.54, 1.807) is 0 Å². The van der Waals surface area contributed by atoms with E-state index in [0.29, 0.717) is 6.61 Å².